The van der Waals surface area contributed by atoms with E-state index in [2.05, 4.69) is 5.10 Å². The van der Waals surface area contributed by atoms with Gasteiger partial charge in [-0.15, -0.1) is 0 Å². The van der Waals surface area contributed by atoms with Crippen LogP contribution >= 0.6 is 0 Å². The molecule has 3 heterocycles. The molecule has 2 atom stereocenters. The van der Waals surface area contributed by atoms with E-state index >= 15 is 0 Å². The smallest absolute Gasteiger partial charge is 0.0945 e. The van der Waals surface area contributed by atoms with Gasteiger partial charge in [0, 0.05) is 25.2 Å². The predicted octanol–water partition coefficient (Wildman–Crippen LogP) is 2.40. The van der Waals surface area contributed by atoms with Crippen LogP contribution in [0.3, 0.4) is 0 Å². The molecule has 4 nitrogen and oxygen atoms in total. The van der Waals surface area contributed by atoms with Crippen LogP contribution in [0.2, 0.25) is 0 Å². The second-order valence-electron chi connectivity index (χ2n) is 5.89. The zero-order valence-electron chi connectivity index (χ0n) is 11.3. The van der Waals surface area contributed by atoms with Crippen LogP contribution in [0.1, 0.15) is 31.2 Å². The van der Waals surface area contributed by atoms with Crippen LogP contribution in [0.25, 0.3) is 5.69 Å². The average molecular weight is 270 g/mol. The van der Waals surface area contributed by atoms with Gasteiger partial charge in [0.1, 0.15) is 0 Å². The molecular weight excluding hydrogens is 252 g/mol. The molecule has 2 saturated heterocycles. The summed E-state index contributed by atoms with van der Waals surface area (Å²) >= 11 is 0. The number of benzene rings is 1. The molecule has 1 aromatic carbocycles. The molecule has 2 unspecified atom stereocenters. The molecule has 0 radical (unpaired) electrons. The van der Waals surface area contributed by atoms with Gasteiger partial charge in [-0.2, -0.15) is 5.10 Å². The molecule has 20 heavy (non-hydrogen) atoms. The first-order valence-electron chi connectivity index (χ1n) is 7.21. The van der Waals surface area contributed by atoms with Crippen molar-refractivity contribution in [3.05, 3.63) is 48.3 Å². The second-order valence-corrected chi connectivity index (χ2v) is 5.89. The van der Waals surface area contributed by atoms with Crippen molar-refractivity contribution >= 4 is 0 Å². The van der Waals surface area contributed by atoms with Gasteiger partial charge >= 0.3 is 0 Å². The minimum atomic E-state index is -0.729. The third-order valence-corrected chi connectivity index (χ3v) is 4.50. The number of rotatable bonds is 2. The summed E-state index contributed by atoms with van der Waals surface area (Å²) < 4.78 is 7.64. The lowest BCUT2D eigenvalue weighted by Crippen LogP contribution is -2.38. The van der Waals surface area contributed by atoms with Crippen LogP contribution < -0.4 is 0 Å². The molecule has 2 fully saturated rings. The van der Waals surface area contributed by atoms with Crippen molar-refractivity contribution < 1.29 is 9.84 Å². The van der Waals surface area contributed by atoms with Gasteiger partial charge in [-0.05, 0) is 36.6 Å². The highest BCUT2D eigenvalue weighted by molar-refractivity contribution is 5.36. The largest absolute Gasteiger partial charge is 0.385 e. The van der Waals surface area contributed by atoms with Crippen LogP contribution in [0.4, 0.5) is 0 Å². The van der Waals surface area contributed by atoms with Crippen molar-refractivity contribution in [2.24, 2.45) is 0 Å². The summed E-state index contributed by atoms with van der Waals surface area (Å²) in [7, 11) is 0. The molecule has 4 rings (SSSR count). The van der Waals surface area contributed by atoms with Gasteiger partial charge in [-0.1, -0.05) is 12.1 Å². The van der Waals surface area contributed by atoms with Crippen molar-refractivity contribution in [2.45, 2.75) is 43.5 Å². The van der Waals surface area contributed by atoms with Crippen molar-refractivity contribution in [3.8, 4) is 5.69 Å². The fourth-order valence-corrected chi connectivity index (χ4v) is 3.50. The van der Waals surface area contributed by atoms with E-state index in [1.165, 1.54) is 0 Å². The van der Waals surface area contributed by atoms with Crippen LogP contribution in [0.5, 0.6) is 0 Å². The third kappa shape index (κ3) is 1.96. The van der Waals surface area contributed by atoms with E-state index in [0.29, 0.717) is 12.8 Å². The monoisotopic (exact) mass is 270 g/mol. The van der Waals surface area contributed by atoms with E-state index in [1.807, 2.05) is 41.2 Å². The SMILES string of the molecule is OC1(c2ccc(-n3cccn3)cc2)CC2CCC(C1)O2. The fourth-order valence-electron chi connectivity index (χ4n) is 3.50. The molecule has 2 aromatic rings. The molecule has 4 heteroatoms. The Morgan fingerprint density at radius 2 is 1.85 bits per heavy atom. The van der Waals surface area contributed by atoms with Gasteiger partial charge in [-0.3, -0.25) is 0 Å². The topological polar surface area (TPSA) is 47.3 Å². The van der Waals surface area contributed by atoms with E-state index in [9.17, 15) is 5.11 Å². The summed E-state index contributed by atoms with van der Waals surface area (Å²) in [5.41, 5.74) is 1.28. The Morgan fingerprint density at radius 1 is 1.15 bits per heavy atom. The summed E-state index contributed by atoms with van der Waals surface area (Å²) in [6.07, 6.45) is 7.72. The van der Waals surface area contributed by atoms with Crippen molar-refractivity contribution in [2.75, 3.05) is 0 Å². The van der Waals surface area contributed by atoms with Crippen molar-refractivity contribution in [1.29, 1.82) is 0 Å². The lowest BCUT2D eigenvalue weighted by molar-refractivity contribution is -0.115. The first-order valence-corrected chi connectivity index (χ1v) is 7.21. The predicted molar refractivity (Wildman–Crippen MR) is 74.6 cm³/mol. The average Bonchev–Trinajstić information content (AvgIpc) is 3.09. The van der Waals surface area contributed by atoms with Gasteiger partial charge in [0.2, 0.25) is 0 Å². The molecule has 0 saturated carbocycles. The maximum Gasteiger partial charge on any atom is 0.0945 e. The second kappa shape index (κ2) is 4.43. The molecule has 1 N–H and O–H groups in total. The standard InChI is InChI=1S/C16H18N2O2/c19-16(10-14-6-7-15(11-16)20-14)12-2-4-13(5-3-12)18-9-1-8-17-18/h1-5,8-9,14-15,19H,6-7,10-11H2. The van der Waals surface area contributed by atoms with E-state index in [-0.39, 0.29) is 12.2 Å². The van der Waals surface area contributed by atoms with Gasteiger partial charge < -0.3 is 9.84 Å². The van der Waals surface area contributed by atoms with E-state index in [4.69, 9.17) is 4.74 Å². The molecular formula is C16H18N2O2. The molecule has 104 valence electrons. The Bertz CT molecular complexity index is 579. The highest BCUT2D eigenvalue weighted by Crippen LogP contribution is 2.43. The van der Waals surface area contributed by atoms with E-state index in [0.717, 1.165) is 24.1 Å². The van der Waals surface area contributed by atoms with Crippen molar-refractivity contribution in [3.63, 3.8) is 0 Å². The Balaban J connectivity index is 1.62. The minimum Gasteiger partial charge on any atom is -0.385 e. The van der Waals surface area contributed by atoms with Crippen LogP contribution in [-0.2, 0) is 10.3 Å². The molecule has 2 bridgehead atoms. The van der Waals surface area contributed by atoms with Crippen LogP contribution in [0, 0.1) is 0 Å². The number of hydrogen-bond acceptors (Lipinski definition) is 3. The van der Waals surface area contributed by atoms with E-state index in [1.54, 1.807) is 6.20 Å². The van der Waals surface area contributed by atoms with Crippen molar-refractivity contribution in [1.82, 2.24) is 9.78 Å². The lowest BCUT2D eigenvalue weighted by Gasteiger charge is -2.36. The molecule has 2 aliphatic rings. The van der Waals surface area contributed by atoms with Gasteiger partial charge in [-0.25, -0.2) is 4.68 Å². The summed E-state index contributed by atoms with van der Waals surface area (Å²) in [4.78, 5) is 0. The summed E-state index contributed by atoms with van der Waals surface area (Å²) in [5, 5.41) is 15.2. The zero-order valence-corrected chi connectivity index (χ0v) is 11.3. The number of aromatic nitrogens is 2. The molecule has 0 aliphatic carbocycles. The Kier molecular flexibility index (Phi) is 2.69. The number of fused-ring (bicyclic) bond motifs is 2. The Hall–Kier alpha value is -1.65. The molecule has 0 amide bonds. The number of nitrogens with zero attached hydrogens (tertiary/aromatic N) is 2. The summed E-state index contributed by atoms with van der Waals surface area (Å²) in [5.74, 6) is 0. The quantitative estimate of drug-likeness (QED) is 0.911. The van der Waals surface area contributed by atoms with Gasteiger partial charge in [0.05, 0.1) is 23.5 Å². The number of aliphatic hydroxyl groups is 1. The number of hydrogen-bond donors (Lipinski definition) is 1. The normalized spacial score (nSPS) is 32.5. The van der Waals surface area contributed by atoms with Crippen LogP contribution in [0.15, 0.2) is 42.7 Å². The maximum absolute atomic E-state index is 10.9. The first-order chi connectivity index (χ1) is 9.73. The maximum atomic E-state index is 10.9. The first kappa shape index (κ1) is 12.1. The Labute approximate surface area is 118 Å². The molecule has 0 spiro atoms. The summed E-state index contributed by atoms with van der Waals surface area (Å²) in [6.45, 7) is 0. The highest BCUT2D eigenvalue weighted by atomic mass is 16.5. The Morgan fingerprint density at radius 3 is 2.45 bits per heavy atom. The lowest BCUT2D eigenvalue weighted by atomic mass is 9.83. The zero-order chi connectivity index (χ0) is 13.6. The highest BCUT2D eigenvalue weighted by Gasteiger charge is 2.44. The molecule has 1 aromatic heterocycles. The fraction of sp³-hybridized carbons (Fsp3) is 0.438. The van der Waals surface area contributed by atoms with Crippen LogP contribution in [-0.4, -0.2) is 27.1 Å². The number of ether oxygens (including phenoxy) is 1. The van der Waals surface area contributed by atoms with Gasteiger partial charge in [0.15, 0.2) is 0 Å². The third-order valence-electron chi connectivity index (χ3n) is 4.50. The summed E-state index contributed by atoms with van der Waals surface area (Å²) in [6, 6.07) is 9.95. The van der Waals surface area contributed by atoms with E-state index < -0.39 is 5.60 Å². The van der Waals surface area contributed by atoms with Gasteiger partial charge in [0.25, 0.3) is 0 Å². The minimum absolute atomic E-state index is 0.226. The molecule has 2 aliphatic heterocycles.